The predicted octanol–water partition coefficient (Wildman–Crippen LogP) is 2.79. The third-order valence-corrected chi connectivity index (χ3v) is 4.20. The molecule has 1 saturated carbocycles. The summed E-state index contributed by atoms with van der Waals surface area (Å²) in [5, 5.41) is 13.3. The molecular weight excluding hydrogens is 301 g/mol. The lowest BCUT2D eigenvalue weighted by molar-refractivity contribution is -0.124. The first-order chi connectivity index (χ1) is 9.50. The molecule has 0 aromatic heterocycles. The quantitative estimate of drug-likeness (QED) is 0.848. The van der Waals surface area contributed by atoms with Gasteiger partial charge in [-0.15, -0.1) is 0 Å². The molecular formula is C14H17Cl2NO3. The van der Waals surface area contributed by atoms with Gasteiger partial charge in [0, 0.05) is 6.54 Å². The van der Waals surface area contributed by atoms with Gasteiger partial charge in [-0.3, -0.25) is 4.79 Å². The van der Waals surface area contributed by atoms with Crippen molar-refractivity contribution in [3.63, 3.8) is 0 Å². The summed E-state index contributed by atoms with van der Waals surface area (Å²) in [5.74, 6) is 0.313. The molecule has 1 aromatic rings. The van der Waals surface area contributed by atoms with Crippen molar-refractivity contribution < 1.29 is 14.6 Å². The maximum Gasteiger partial charge on any atom is 0.223 e. The second-order valence-electron chi connectivity index (χ2n) is 5.01. The van der Waals surface area contributed by atoms with Crippen LogP contribution in [0, 0.1) is 0 Å². The fraction of sp³-hybridized carbons (Fsp3) is 0.500. The number of aliphatic hydroxyl groups is 1. The van der Waals surface area contributed by atoms with E-state index in [9.17, 15) is 9.90 Å². The standard InChI is InChI=1S/C14H17Cl2NO3/c15-10-3-1-4-11(13(10)16)20-8-5-12(18)17-9-14(19)6-2-7-14/h1,3-4,19H,2,5-9H2,(H,17,18). The molecule has 0 unspecified atom stereocenters. The lowest BCUT2D eigenvalue weighted by Gasteiger charge is -2.36. The summed E-state index contributed by atoms with van der Waals surface area (Å²) in [4.78, 5) is 11.6. The van der Waals surface area contributed by atoms with Gasteiger partial charge in [0.15, 0.2) is 0 Å². The maximum atomic E-state index is 11.6. The number of amides is 1. The van der Waals surface area contributed by atoms with E-state index in [1.165, 1.54) is 0 Å². The number of halogens is 2. The lowest BCUT2D eigenvalue weighted by Crippen LogP contribution is -2.47. The van der Waals surface area contributed by atoms with Gasteiger partial charge in [-0.25, -0.2) is 0 Å². The van der Waals surface area contributed by atoms with E-state index < -0.39 is 5.60 Å². The third-order valence-electron chi connectivity index (χ3n) is 3.40. The Morgan fingerprint density at radius 2 is 2.15 bits per heavy atom. The highest BCUT2D eigenvalue weighted by molar-refractivity contribution is 6.42. The first kappa shape index (κ1) is 15.4. The van der Waals surface area contributed by atoms with Gasteiger partial charge in [0.25, 0.3) is 0 Å². The zero-order valence-corrected chi connectivity index (χ0v) is 12.5. The van der Waals surface area contributed by atoms with Crippen LogP contribution in [0.15, 0.2) is 18.2 Å². The van der Waals surface area contributed by atoms with Crippen LogP contribution in [-0.2, 0) is 4.79 Å². The molecule has 0 saturated heterocycles. The van der Waals surface area contributed by atoms with Gasteiger partial charge in [0.05, 0.1) is 23.7 Å². The number of benzene rings is 1. The molecule has 20 heavy (non-hydrogen) atoms. The van der Waals surface area contributed by atoms with Crippen LogP contribution >= 0.6 is 23.2 Å². The summed E-state index contributed by atoms with van der Waals surface area (Å²) in [6.45, 7) is 0.522. The molecule has 1 amide bonds. The number of carbonyl (C=O) groups excluding carboxylic acids is 1. The van der Waals surface area contributed by atoms with Crippen molar-refractivity contribution >= 4 is 29.1 Å². The van der Waals surface area contributed by atoms with Crippen LogP contribution in [0.1, 0.15) is 25.7 Å². The highest BCUT2D eigenvalue weighted by Crippen LogP contribution is 2.32. The highest BCUT2D eigenvalue weighted by Gasteiger charge is 2.34. The minimum Gasteiger partial charge on any atom is -0.491 e. The average molecular weight is 318 g/mol. The number of hydrogen-bond donors (Lipinski definition) is 2. The van der Waals surface area contributed by atoms with Crippen LogP contribution in [0.4, 0.5) is 0 Å². The van der Waals surface area contributed by atoms with Gasteiger partial charge in [-0.1, -0.05) is 29.3 Å². The average Bonchev–Trinajstić information content (AvgIpc) is 2.39. The number of carbonyl (C=O) groups is 1. The van der Waals surface area contributed by atoms with Crippen LogP contribution in [-0.4, -0.2) is 29.8 Å². The van der Waals surface area contributed by atoms with E-state index in [-0.39, 0.29) is 18.9 Å². The van der Waals surface area contributed by atoms with Gasteiger partial charge in [0.2, 0.25) is 5.91 Å². The highest BCUT2D eigenvalue weighted by atomic mass is 35.5. The molecule has 1 aromatic carbocycles. The predicted molar refractivity (Wildman–Crippen MR) is 78.4 cm³/mol. The van der Waals surface area contributed by atoms with Gasteiger partial charge < -0.3 is 15.2 Å². The third kappa shape index (κ3) is 4.01. The summed E-state index contributed by atoms with van der Waals surface area (Å²) in [6.07, 6.45) is 2.73. The van der Waals surface area contributed by atoms with Crippen LogP contribution in [0.5, 0.6) is 5.75 Å². The Morgan fingerprint density at radius 3 is 2.80 bits per heavy atom. The monoisotopic (exact) mass is 317 g/mol. The molecule has 0 radical (unpaired) electrons. The zero-order chi connectivity index (χ0) is 14.6. The molecule has 0 spiro atoms. The van der Waals surface area contributed by atoms with E-state index in [0.29, 0.717) is 22.3 Å². The maximum absolute atomic E-state index is 11.6. The molecule has 0 aliphatic heterocycles. The summed E-state index contributed by atoms with van der Waals surface area (Å²) in [5.41, 5.74) is -0.702. The van der Waals surface area contributed by atoms with Crippen molar-refractivity contribution in [2.75, 3.05) is 13.2 Å². The van der Waals surface area contributed by atoms with Crippen molar-refractivity contribution in [2.45, 2.75) is 31.3 Å². The largest absolute Gasteiger partial charge is 0.491 e. The molecule has 4 nitrogen and oxygen atoms in total. The van der Waals surface area contributed by atoms with Crippen LogP contribution in [0.25, 0.3) is 0 Å². The van der Waals surface area contributed by atoms with E-state index in [1.54, 1.807) is 18.2 Å². The molecule has 0 heterocycles. The Bertz CT molecular complexity index is 489. The molecule has 1 aliphatic rings. The minimum absolute atomic E-state index is 0.150. The summed E-state index contributed by atoms with van der Waals surface area (Å²) >= 11 is 11.8. The Morgan fingerprint density at radius 1 is 1.40 bits per heavy atom. The van der Waals surface area contributed by atoms with E-state index in [0.717, 1.165) is 19.3 Å². The molecule has 1 aliphatic carbocycles. The lowest BCUT2D eigenvalue weighted by atomic mass is 9.80. The van der Waals surface area contributed by atoms with Crippen LogP contribution in [0.3, 0.4) is 0 Å². The zero-order valence-electron chi connectivity index (χ0n) is 11.0. The van der Waals surface area contributed by atoms with Gasteiger partial charge in [-0.2, -0.15) is 0 Å². The molecule has 2 rings (SSSR count). The van der Waals surface area contributed by atoms with Crippen LogP contribution in [0.2, 0.25) is 10.0 Å². The molecule has 110 valence electrons. The first-order valence-corrected chi connectivity index (χ1v) is 7.32. The van der Waals surface area contributed by atoms with Gasteiger partial charge in [0.1, 0.15) is 10.8 Å². The van der Waals surface area contributed by atoms with Crippen molar-refractivity contribution in [1.29, 1.82) is 0 Å². The van der Waals surface area contributed by atoms with E-state index in [4.69, 9.17) is 27.9 Å². The Labute approximate surface area is 128 Å². The minimum atomic E-state index is -0.702. The Kier molecular flexibility index (Phi) is 5.13. The van der Waals surface area contributed by atoms with Gasteiger partial charge >= 0.3 is 0 Å². The molecule has 0 bridgehead atoms. The smallest absolute Gasteiger partial charge is 0.223 e. The fourth-order valence-corrected chi connectivity index (χ4v) is 2.31. The van der Waals surface area contributed by atoms with E-state index >= 15 is 0 Å². The fourth-order valence-electron chi connectivity index (χ4n) is 1.96. The van der Waals surface area contributed by atoms with Crippen molar-refractivity contribution in [1.82, 2.24) is 5.32 Å². The molecule has 2 N–H and O–H groups in total. The Hall–Kier alpha value is -0.970. The normalized spacial score (nSPS) is 16.4. The first-order valence-electron chi connectivity index (χ1n) is 6.56. The van der Waals surface area contributed by atoms with Crippen molar-refractivity contribution in [2.24, 2.45) is 0 Å². The number of hydrogen-bond acceptors (Lipinski definition) is 3. The molecule has 0 atom stereocenters. The van der Waals surface area contributed by atoms with Crippen molar-refractivity contribution in [3.8, 4) is 5.75 Å². The number of nitrogens with one attached hydrogen (secondary N) is 1. The second kappa shape index (κ2) is 6.66. The summed E-state index contributed by atoms with van der Waals surface area (Å²) in [7, 11) is 0. The number of ether oxygens (including phenoxy) is 1. The SMILES string of the molecule is O=C(CCOc1cccc(Cl)c1Cl)NCC1(O)CCC1. The summed E-state index contributed by atoms with van der Waals surface area (Å²) < 4.78 is 5.42. The van der Waals surface area contributed by atoms with E-state index in [1.807, 2.05) is 0 Å². The van der Waals surface area contributed by atoms with Crippen molar-refractivity contribution in [3.05, 3.63) is 28.2 Å². The summed E-state index contributed by atoms with van der Waals surface area (Å²) in [6, 6.07) is 5.10. The molecule has 6 heteroatoms. The topological polar surface area (TPSA) is 58.6 Å². The van der Waals surface area contributed by atoms with Crippen LogP contribution < -0.4 is 10.1 Å². The molecule has 1 fully saturated rings. The Balaban J connectivity index is 1.70. The number of rotatable bonds is 6. The van der Waals surface area contributed by atoms with E-state index in [2.05, 4.69) is 5.32 Å². The van der Waals surface area contributed by atoms with Gasteiger partial charge in [-0.05, 0) is 31.4 Å². The second-order valence-corrected chi connectivity index (χ2v) is 5.79.